The molecule has 0 aliphatic heterocycles. The van der Waals surface area contributed by atoms with E-state index in [0.717, 1.165) is 4.47 Å². The van der Waals surface area contributed by atoms with Gasteiger partial charge in [0.2, 0.25) is 0 Å². The predicted molar refractivity (Wildman–Crippen MR) is 80.6 cm³/mol. The van der Waals surface area contributed by atoms with Crippen molar-refractivity contribution in [2.24, 2.45) is 0 Å². The highest BCUT2D eigenvalue weighted by molar-refractivity contribution is 9.10. The fourth-order valence-corrected chi connectivity index (χ4v) is 2.11. The first-order chi connectivity index (χ1) is 9.14. The summed E-state index contributed by atoms with van der Waals surface area (Å²) in [7, 11) is 0. The first-order valence-electron chi connectivity index (χ1n) is 6.53. The molecule has 0 saturated carbocycles. The highest BCUT2D eigenvalue weighted by Gasteiger charge is 2.24. The number of halogens is 1. The number of amides is 1. The number of hydrogen-bond acceptors (Lipinski definition) is 3. The zero-order chi connectivity index (χ0) is 15.5. The zero-order valence-electron chi connectivity index (χ0n) is 12.5. The Morgan fingerprint density at radius 2 is 2.05 bits per heavy atom. The van der Waals surface area contributed by atoms with Crippen molar-refractivity contribution in [2.45, 2.75) is 52.8 Å². The Morgan fingerprint density at radius 1 is 1.45 bits per heavy atom. The second-order valence-electron chi connectivity index (χ2n) is 5.56. The molecule has 0 aromatic carbocycles. The summed E-state index contributed by atoms with van der Waals surface area (Å²) in [5.74, 6) is -0.740. The molecule has 0 fully saturated rings. The van der Waals surface area contributed by atoms with Gasteiger partial charge in [-0.3, -0.25) is 4.79 Å². The van der Waals surface area contributed by atoms with Crippen molar-refractivity contribution in [3.05, 3.63) is 22.4 Å². The smallest absolute Gasteiger partial charge is 0.328 e. The number of nitrogens with one attached hydrogen (secondary N) is 1. The molecule has 0 aliphatic carbocycles. The molecule has 1 rings (SSSR count). The predicted octanol–water partition coefficient (Wildman–Crippen LogP) is 2.73. The molecule has 6 heteroatoms. The minimum Gasteiger partial charge on any atom is -0.458 e. The van der Waals surface area contributed by atoms with Crippen LogP contribution in [0.2, 0.25) is 0 Å². The first-order valence-corrected chi connectivity index (χ1v) is 7.32. The number of aryl methyl sites for hydroxylation is 1. The molecular weight excluding hydrogens is 324 g/mol. The Balaban J connectivity index is 2.72. The zero-order valence-corrected chi connectivity index (χ0v) is 14.1. The van der Waals surface area contributed by atoms with Gasteiger partial charge in [0.15, 0.2) is 0 Å². The quantitative estimate of drug-likeness (QED) is 0.854. The number of ether oxygens (including phenoxy) is 1. The summed E-state index contributed by atoms with van der Waals surface area (Å²) in [6.45, 7) is 9.60. The third-order valence-corrected chi connectivity index (χ3v) is 2.98. The molecule has 1 heterocycles. The molecule has 1 amide bonds. The van der Waals surface area contributed by atoms with Gasteiger partial charge in [-0.15, -0.1) is 0 Å². The van der Waals surface area contributed by atoms with Crippen LogP contribution in [-0.4, -0.2) is 28.1 Å². The SMILES string of the molecule is CCn1cc(Br)cc1C(=O)N[C@H](C)C(=O)OC(C)(C)C. The van der Waals surface area contributed by atoms with Crippen molar-refractivity contribution in [1.29, 1.82) is 0 Å². The van der Waals surface area contributed by atoms with Crippen molar-refractivity contribution in [3.63, 3.8) is 0 Å². The molecule has 0 bridgehead atoms. The van der Waals surface area contributed by atoms with Crippen LogP contribution in [0.25, 0.3) is 0 Å². The van der Waals surface area contributed by atoms with Crippen molar-refractivity contribution in [3.8, 4) is 0 Å². The van der Waals surface area contributed by atoms with Crippen LogP contribution in [0.15, 0.2) is 16.7 Å². The monoisotopic (exact) mass is 344 g/mol. The van der Waals surface area contributed by atoms with Gasteiger partial charge in [0, 0.05) is 17.2 Å². The first kappa shape index (κ1) is 16.8. The van der Waals surface area contributed by atoms with E-state index >= 15 is 0 Å². The Kier molecular flexibility index (Phi) is 5.39. The minimum absolute atomic E-state index is 0.295. The van der Waals surface area contributed by atoms with Crippen LogP contribution >= 0.6 is 15.9 Å². The van der Waals surface area contributed by atoms with Crippen molar-refractivity contribution >= 4 is 27.8 Å². The van der Waals surface area contributed by atoms with Crippen molar-refractivity contribution in [2.75, 3.05) is 0 Å². The lowest BCUT2D eigenvalue weighted by molar-refractivity contribution is -0.156. The Bertz CT molecular complexity index is 503. The molecule has 20 heavy (non-hydrogen) atoms. The number of nitrogens with zero attached hydrogens (tertiary/aromatic N) is 1. The second kappa shape index (κ2) is 6.43. The molecule has 0 spiro atoms. The molecule has 0 unspecified atom stereocenters. The van der Waals surface area contributed by atoms with Crippen LogP contribution in [0.5, 0.6) is 0 Å². The van der Waals surface area contributed by atoms with Crippen LogP contribution in [0.4, 0.5) is 0 Å². The van der Waals surface area contributed by atoms with Crippen LogP contribution in [0.1, 0.15) is 45.1 Å². The van der Waals surface area contributed by atoms with Crippen LogP contribution in [0, 0.1) is 0 Å². The maximum absolute atomic E-state index is 12.2. The summed E-state index contributed by atoms with van der Waals surface area (Å²) in [6, 6.07) is 1.03. The van der Waals surface area contributed by atoms with E-state index in [0.29, 0.717) is 12.2 Å². The summed E-state index contributed by atoms with van der Waals surface area (Å²) in [5, 5.41) is 2.65. The van der Waals surface area contributed by atoms with E-state index in [4.69, 9.17) is 4.74 Å². The summed E-state index contributed by atoms with van der Waals surface area (Å²) in [4.78, 5) is 24.0. The molecule has 0 radical (unpaired) electrons. The number of esters is 1. The maximum atomic E-state index is 12.2. The summed E-state index contributed by atoms with van der Waals surface area (Å²) in [6.07, 6.45) is 1.83. The van der Waals surface area contributed by atoms with Gasteiger partial charge >= 0.3 is 5.97 Å². The van der Waals surface area contributed by atoms with E-state index in [1.54, 1.807) is 38.3 Å². The van der Waals surface area contributed by atoms with E-state index in [9.17, 15) is 9.59 Å². The topological polar surface area (TPSA) is 60.3 Å². The highest BCUT2D eigenvalue weighted by atomic mass is 79.9. The third-order valence-electron chi connectivity index (χ3n) is 2.54. The van der Waals surface area contributed by atoms with Crippen LogP contribution in [-0.2, 0) is 16.1 Å². The third kappa shape index (κ3) is 4.67. The standard InChI is InChI=1S/C14H21BrN2O3/c1-6-17-8-10(15)7-11(17)12(18)16-9(2)13(19)20-14(3,4)5/h7-9H,6H2,1-5H3,(H,16,18)/t9-/m1/s1. The molecule has 0 aliphatic rings. The number of hydrogen-bond donors (Lipinski definition) is 1. The second-order valence-corrected chi connectivity index (χ2v) is 6.47. The molecule has 1 N–H and O–H groups in total. The lowest BCUT2D eigenvalue weighted by Gasteiger charge is -2.22. The fraction of sp³-hybridized carbons (Fsp3) is 0.571. The molecule has 1 atom stereocenters. The van der Waals surface area contributed by atoms with Gasteiger partial charge in [-0.25, -0.2) is 4.79 Å². The molecule has 112 valence electrons. The largest absolute Gasteiger partial charge is 0.458 e. The maximum Gasteiger partial charge on any atom is 0.328 e. The normalized spacial score (nSPS) is 12.9. The van der Waals surface area contributed by atoms with E-state index in [1.165, 1.54) is 0 Å². The Labute approximate surface area is 127 Å². The van der Waals surface area contributed by atoms with Gasteiger partial charge in [-0.2, -0.15) is 0 Å². The van der Waals surface area contributed by atoms with Gasteiger partial charge in [-0.05, 0) is 56.6 Å². The molecule has 0 saturated heterocycles. The molecule has 5 nitrogen and oxygen atoms in total. The average Bonchev–Trinajstić information content (AvgIpc) is 2.68. The van der Waals surface area contributed by atoms with Crippen LogP contribution in [0.3, 0.4) is 0 Å². The van der Waals surface area contributed by atoms with Gasteiger partial charge < -0.3 is 14.6 Å². The molecular formula is C14H21BrN2O3. The van der Waals surface area contributed by atoms with E-state index < -0.39 is 17.6 Å². The van der Waals surface area contributed by atoms with E-state index in [-0.39, 0.29) is 5.91 Å². The summed E-state index contributed by atoms with van der Waals surface area (Å²) < 4.78 is 7.86. The lowest BCUT2D eigenvalue weighted by atomic mass is 10.2. The Morgan fingerprint density at radius 3 is 2.55 bits per heavy atom. The van der Waals surface area contributed by atoms with Gasteiger partial charge in [0.05, 0.1) is 0 Å². The van der Waals surface area contributed by atoms with Gasteiger partial charge in [-0.1, -0.05) is 0 Å². The highest BCUT2D eigenvalue weighted by Crippen LogP contribution is 2.15. The van der Waals surface area contributed by atoms with Gasteiger partial charge in [0.25, 0.3) is 5.91 Å². The molecule has 1 aromatic rings. The minimum atomic E-state index is -0.694. The van der Waals surface area contributed by atoms with E-state index in [2.05, 4.69) is 21.2 Å². The Hall–Kier alpha value is -1.30. The van der Waals surface area contributed by atoms with Crippen LogP contribution < -0.4 is 5.32 Å². The number of carbonyl (C=O) groups excluding carboxylic acids is 2. The number of carbonyl (C=O) groups is 2. The summed E-state index contributed by atoms with van der Waals surface area (Å²) in [5.41, 5.74) is -0.0577. The van der Waals surface area contributed by atoms with Crippen molar-refractivity contribution in [1.82, 2.24) is 9.88 Å². The number of rotatable bonds is 4. The number of aromatic nitrogens is 1. The van der Waals surface area contributed by atoms with Crippen molar-refractivity contribution < 1.29 is 14.3 Å². The van der Waals surface area contributed by atoms with Gasteiger partial charge in [0.1, 0.15) is 17.3 Å². The molecule has 1 aromatic heterocycles. The average molecular weight is 345 g/mol. The van der Waals surface area contributed by atoms with E-state index in [1.807, 2.05) is 13.1 Å². The summed E-state index contributed by atoms with van der Waals surface area (Å²) >= 11 is 3.33. The lowest BCUT2D eigenvalue weighted by Crippen LogP contribution is -2.42. The fourth-order valence-electron chi connectivity index (χ4n) is 1.65.